The Kier molecular flexibility index (Phi) is 5.48. The van der Waals surface area contributed by atoms with Crippen LogP contribution in [0.5, 0.6) is 5.75 Å². The van der Waals surface area contributed by atoms with Gasteiger partial charge in [-0.2, -0.15) is 5.26 Å². The molecule has 0 aromatic heterocycles. The number of carbonyl (C=O) groups excluding carboxylic acids is 2. The van der Waals surface area contributed by atoms with Crippen LogP contribution in [0.25, 0.3) is 0 Å². The van der Waals surface area contributed by atoms with Crippen molar-refractivity contribution in [3.8, 4) is 11.8 Å². The predicted octanol–water partition coefficient (Wildman–Crippen LogP) is 3.05. The van der Waals surface area contributed by atoms with Crippen LogP contribution in [0.2, 0.25) is 0 Å². The Hall–Kier alpha value is -3.13. The topological polar surface area (TPSA) is 79.2 Å². The molecule has 0 bridgehead atoms. The molecule has 2 aromatic carbocycles. The Morgan fingerprint density at radius 3 is 2.30 bits per heavy atom. The van der Waals surface area contributed by atoms with Crippen molar-refractivity contribution in [3.05, 3.63) is 59.7 Å². The van der Waals surface area contributed by atoms with Crippen LogP contribution in [0.4, 0.5) is 5.69 Å². The Morgan fingerprint density at radius 1 is 1.09 bits per heavy atom. The van der Waals surface area contributed by atoms with Gasteiger partial charge < -0.3 is 10.1 Å². The normalized spacial score (nSPS) is 9.74. The molecule has 116 valence electrons. The summed E-state index contributed by atoms with van der Waals surface area (Å²) in [6.07, 6.45) is 0.799. The van der Waals surface area contributed by atoms with Crippen LogP contribution in [-0.2, 0) is 16.0 Å². The molecule has 0 saturated heterocycles. The Morgan fingerprint density at radius 2 is 1.74 bits per heavy atom. The molecule has 23 heavy (non-hydrogen) atoms. The lowest BCUT2D eigenvalue weighted by molar-refractivity contribution is -0.134. The van der Waals surface area contributed by atoms with Crippen molar-refractivity contribution in [2.75, 3.05) is 5.32 Å². The highest BCUT2D eigenvalue weighted by atomic mass is 16.5. The molecule has 0 aliphatic heterocycles. The van der Waals surface area contributed by atoms with Crippen molar-refractivity contribution < 1.29 is 14.3 Å². The third-order valence-corrected chi connectivity index (χ3v) is 3.11. The van der Waals surface area contributed by atoms with E-state index in [4.69, 9.17) is 10.00 Å². The van der Waals surface area contributed by atoms with Crippen LogP contribution >= 0.6 is 0 Å². The van der Waals surface area contributed by atoms with Crippen LogP contribution < -0.4 is 10.1 Å². The first-order valence-electron chi connectivity index (χ1n) is 7.14. The third-order valence-electron chi connectivity index (χ3n) is 3.11. The molecular formula is C18H16N2O3. The van der Waals surface area contributed by atoms with Crippen molar-refractivity contribution in [2.24, 2.45) is 0 Å². The van der Waals surface area contributed by atoms with Gasteiger partial charge in [-0.05, 0) is 48.4 Å². The van der Waals surface area contributed by atoms with Crippen LogP contribution in [0.1, 0.15) is 24.5 Å². The van der Waals surface area contributed by atoms with E-state index in [0.717, 1.165) is 5.56 Å². The van der Waals surface area contributed by atoms with Gasteiger partial charge in [-0.3, -0.25) is 9.59 Å². The summed E-state index contributed by atoms with van der Waals surface area (Å²) in [5, 5.41) is 11.4. The molecule has 0 unspecified atom stereocenters. The van der Waals surface area contributed by atoms with Crippen LogP contribution in [0.3, 0.4) is 0 Å². The minimum atomic E-state index is -0.332. The van der Waals surface area contributed by atoms with E-state index in [1.807, 2.05) is 12.1 Å². The van der Waals surface area contributed by atoms with Gasteiger partial charge in [-0.15, -0.1) is 0 Å². The summed E-state index contributed by atoms with van der Waals surface area (Å²) in [5.41, 5.74) is 2.22. The van der Waals surface area contributed by atoms with Crippen molar-refractivity contribution in [1.29, 1.82) is 5.26 Å². The summed E-state index contributed by atoms with van der Waals surface area (Å²) < 4.78 is 5.24. The number of hydrogen-bond donors (Lipinski definition) is 1. The second kappa shape index (κ2) is 7.76. The van der Waals surface area contributed by atoms with Crippen molar-refractivity contribution >= 4 is 17.6 Å². The van der Waals surface area contributed by atoms with Gasteiger partial charge in [0, 0.05) is 19.0 Å². The third kappa shape index (κ3) is 5.29. The molecule has 2 rings (SSSR count). The second-order valence-corrected chi connectivity index (χ2v) is 4.99. The van der Waals surface area contributed by atoms with Crippen LogP contribution in [0, 0.1) is 11.3 Å². The number of benzene rings is 2. The minimum absolute atomic E-state index is 0.155. The molecule has 0 spiro atoms. The molecule has 0 aliphatic rings. The quantitative estimate of drug-likeness (QED) is 0.680. The first-order chi connectivity index (χ1) is 11.1. The van der Waals surface area contributed by atoms with Gasteiger partial charge >= 0.3 is 5.97 Å². The van der Waals surface area contributed by atoms with Crippen LogP contribution in [-0.4, -0.2) is 11.9 Å². The number of aryl methyl sites for hydroxylation is 1. The number of anilines is 1. The number of carbonyl (C=O) groups is 2. The van der Waals surface area contributed by atoms with Gasteiger partial charge in [-0.25, -0.2) is 0 Å². The van der Waals surface area contributed by atoms with Crippen molar-refractivity contribution in [2.45, 2.75) is 19.8 Å². The average molecular weight is 308 g/mol. The van der Waals surface area contributed by atoms with E-state index in [9.17, 15) is 9.59 Å². The summed E-state index contributed by atoms with van der Waals surface area (Å²) >= 11 is 0. The summed E-state index contributed by atoms with van der Waals surface area (Å²) in [4.78, 5) is 22.7. The highest BCUT2D eigenvalue weighted by molar-refractivity contribution is 5.88. The molecule has 0 fully saturated rings. The molecular weight excluding hydrogens is 292 g/mol. The highest BCUT2D eigenvalue weighted by Gasteiger charge is 2.06. The van der Waals surface area contributed by atoms with Gasteiger partial charge in [0.2, 0.25) is 5.91 Å². The number of nitriles is 1. The number of nitrogens with zero attached hydrogens (tertiary/aromatic N) is 1. The number of ether oxygens (including phenoxy) is 1. The molecule has 2 aromatic rings. The molecule has 5 heteroatoms. The smallest absolute Gasteiger partial charge is 0.311 e. The maximum Gasteiger partial charge on any atom is 0.311 e. The Labute approximate surface area is 134 Å². The Bertz CT molecular complexity index is 728. The van der Waals surface area contributed by atoms with Crippen LogP contribution in [0.15, 0.2) is 48.5 Å². The molecule has 5 nitrogen and oxygen atoms in total. The van der Waals surface area contributed by atoms with Gasteiger partial charge in [0.15, 0.2) is 0 Å². The second-order valence-electron chi connectivity index (χ2n) is 4.99. The number of esters is 1. The molecule has 1 amide bonds. The Balaban J connectivity index is 1.84. The lowest BCUT2D eigenvalue weighted by Crippen LogP contribution is -2.09. The molecule has 0 saturated carbocycles. The van der Waals surface area contributed by atoms with Crippen molar-refractivity contribution in [1.82, 2.24) is 0 Å². The van der Waals surface area contributed by atoms with Crippen molar-refractivity contribution in [3.63, 3.8) is 0 Å². The fraction of sp³-hybridized carbons (Fsp3) is 0.167. The molecule has 0 radical (unpaired) electrons. The zero-order valence-corrected chi connectivity index (χ0v) is 12.7. The maximum atomic E-state index is 11.8. The van der Waals surface area contributed by atoms with E-state index in [1.165, 1.54) is 6.92 Å². The predicted molar refractivity (Wildman–Crippen MR) is 85.9 cm³/mol. The lowest BCUT2D eigenvalue weighted by Gasteiger charge is -2.06. The average Bonchev–Trinajstić information content (AvgIpc) is 2.55. The first-order valence-corrected chi connectivity index (χ1v) is 7.14. The largest absolute Gasteiger partial charge is 0.427 e. The highest BCUT2D eigenvalue weighted by Crippen LogP contribution is 2.16. The number of nitrogens with one attached hydrogen (secondary N) is 1. The zero-order valence-electron chi connectivity index (χ0n) is 12.7. The zero-order chi connectivity index (χ0) is 16.7. The molecule has 0 heterocycles. The van der Waals surface area contributed by atoms with Gasteiger partial charge in [0.25, 0.3) is 0 Å². The summed E-state index contributed by atoms with van der Waals surface area (Å²) in [7, 11) is 0. The van der Waals surface area contributed by atoms with E-state index in [0.29, 0.717) is 23.4 Å². The molecule has 0 aliphatic carbocycles. The SMILES string of the molecule is CC(=O)Nc1ccc(OC(=O)CCc2ccc(C#N)cc2)cc1. The van der Waals surface area contributed by atoms with E-state index in [2.05, 4.69) is 11.4 Å². The molecule has 0 atom stereocenters. The van der Waals surface area contributed by atoms with E-state index in [-0.39, 0.29) is 18.3 Å². The lowest BCUT2D eigenvalue weighted by atomic mass is 10.1. The number of rotatable bonds is 5. The number of hydrogen-bond acceptors (Lipinski definition) is 4. The molecule has 1 N–H and O–H groups in total. The number of amides is 1. The van der Waals surface area contributed by atoms with E-state index < -0.39 is 0 Å². The van der Waals surface area contributed by atoms with E-state index >= 15 is 0 Å². The maximum absolute atomic E-state index is 11.8. The fourth-order valence-electron chi connectivity index (χ4n) is 1.98. The van der Waals surface area contributed by atoms with Gasteiger partial charge in [0.05, 0.1) is 11.6 Å². The summed E-state index contributed by atoms with van der Waals surface area (Å²) in [5.74, 6) is -0.0530. The standard InChI is InChI=1S/C18H16N2O3/c1-13(21)20-16-7-9-17(10-8-16)23-18(22)11-6-14-2-4-15(12-19)5-3-14/h2-5,7-10H,6,11H2,1H3,(H,20,21). The summed E-state index contributed by atoms with van der Waals surface area (Å²) in [6.45, 7) is 1.43. The van der Waals surface area contributed by atoms with Gasteiger partial charge in [0.1, 0.15) is 5.75 Å². The summed E-state index contributed by atoms with van der Waals surface area (Å²) in [6, 6.07) is 15.8. The van der Waals surface area contributed by atoms with Gasteiger partial charge in [-0.1, -0.05) is 12.1 Å². The monoisotopic (exact) mass is 308 g/mol. The van der Waals surface area contributed by atoms with E-state index in [1.54, 1.807) is 36.4 Å². The minimum Gasteiger partial charge on any atom is -0.427 e. The first kappa shape index (κ1) is 16.2. The fourth-order valence-corrected chi connectivity index (χ4v) is 1.98.